The first-order valence-electron chi connectivity index (χ1n) is 4.75. The second kappa shape index (κ2) is 5.52. The molecule has 0 heterocycles. The van der Waals surface area contributed by atoms with Crippen molar-refractivity contribution in [3.63, 3.8) is 0 Å². The summed E-state index contributed by atoms with van der Waals surface area (Å²) in [6.07, 6.45) is 0. The van der Waals surface area contributed by atoms with Gasteiger partial charge in [-0.2, -0.15) is 0 Å². The number of hydrogen-bond acceptors (Lipinski definition) is 4. The minimum absolute atomic E-state index is 0.0886. The summed E-state index contributed by atoms with van der Waals surface area (Å²) in [6, 6.07) is 6.53. The van der Waals surface area contributed by atoms with Crippen LogP contribution in [-0.2, 0) is 0 Å². The van der Waals surface area contributed by atoms with Gasteiger partial charge in [0.15, 0.2) is 0 Å². The summed E-state index contributed by atoms with van der Waals surface area (Å²) in [4.78, 5) is 1.95. The van der Waals surface area contributed by atoms with E-state index in [1.54, 1.807) is 12.1 Å². The first-order valence-corrected chi connectivity index (χ1v) is 6.04. The van der Waals surface area contributed by atoms with E-state index >= 15 is 0 Å². The second-order valence-corrected chi connectivity index (χ2v) is 5.53. The summed E-state index contributed by atoms with van der Waals surface area (Å²) >= 11 is 6.22. The van der Waals surface area contributed by atoms with Crippen LogP contribution in [0.1, 0.15) is 16.5 Å². The third-order valence-electron chi connectivity index (χ3n) is 2.07. The number of nitrogens with zero attached hydrogens (tertiary/aromatic N) is 1. The standard InChI is InChI=1S/C11H15N2OS2/c1-7-4-5-8(9(14)6-7)10(13(2)3)16-11(12)15/h5-6,10,14H,1-3H3,(H2,12,15). The Kier molecular flexibility index (Phi) is 4.58. The summed E-state index contributed by atoms with van der Waals surface area (Å²) in [5.74, 6) is 0.249. The molecule has 0 amide bonds. The van der Waals surface area contributed by atoms with Crippen LogP contribution in [0.4, 0.5) is 0 Å². The Morgan fingerprint density at radius 2 is 2.25 bits per heavy atom. The number of aryl methyl sites for hydroxylation is 1. The normalized spacial score (nSPS) is 12.8. The van der Waals surface area contributed by atoms with E-state index in [1.807, 2.05) is 25.9 Å². The van der Waals surface area contributed by atoms with E-state index < -0.39 is 0 Å². The molecule has 0 aliphatic carbocycles. The summed E-state index contributed by atoms with van der Waals surface area (Å²) in [7, 11) is 3.82. The number of phenols is 1. The molecule has 0 aliphatic rings. The number of aromatic hydroxyl groups is 1. The van der Waals surface area contributed by atoms with E-state index in [0.717, 1.165) is 11.1 Å². The average Bonchev–Trinajstić information content (AvgIpc) is 2.14. The van der Waals surface area contributed by atoms with Crippen molar-refractivity contribution in [2.24, 2.45) is 5.73 Å². The number of nitrogens with two attached hydrogens (primary N) is 1. The van der Waals surface area contributed by atoms with Crippen molar-refractivity contribution in [3.05, 3.63) is 29.3 Å². The molecule has 0 saturated carbocycles. The summed E-state index contributed by atoms with van der Waals surface area (Å²) in [5.41, 5.74) is 7.20. The van der Waals surface area contributed by atoms with Crippen LogP contribution in [0.25, 0.3) is 0 Å². The van der Waals surface area contributed by atoms with Gasteiger partial charge in [-0.3, -0.25) is 4.90 Å². The third kappa shape index (κ3) is 3.37. The molecule has 87 valence electrons. The molecule has 0 aromatic heterocycles. The Hall–Kier alpha value is -0.780. The number of thiocarbonyl (C=S) groups is 1. The fourth-order valence-electron chi connectivity index (χ4n) is 1.35. The molecule has 0 spiro atoms. The van der Waals surface area contributed by atoms with Crippen molar-refractivity contribution in [2.45, 2.75) is 12.3 Å². The van der Waals surface area contributed by atoms with E-state index in [9.17, 15) is 5.11 Å². The van der Waals surface area contributed by atoms with Gasteiger partial charge in [0.1, 0.15) is 10.1 Å². The van der Waals surface area contributed by atoms with Crippen molar-refractivity contribution in [3.8, 4) is 5.75 Å². The zero-order valence-electron chi connectivity index (χ0n) is 9.52. The summed E-state index contributed by atoms with van der Waals surface area (Å²) in [5, 5.41) is 9.79. The van der Waals surface area contributed by atoms with Gasteiger partial charge in [-0.05, 0) is 44.8 Å². The number of phenolic OH excluding ortho intramolecular Hbond substituents is 1. The van der Waals surface area contributed by atoms with Crippen LogP contribution in [0.3, 0.4) is 0 Å². The summed E-state index contributed by atoms with van der Waals surface area (Å²) in [6.45, 7) is 1.88. The number of benzene rings is 1. The average molecular weight is 255 g/mol. The van der Waals surface area contributed by atoms with Crippen molar-refractivity contribution in [1.29, 1.82) is 0 Å². The molecule has 16 heavy (non-hydrogen) atoms. The fraction of sp³-hybridized carbons (Fsp3) is 0.364. The lowest BCUT2D eigenvalue weighted by molar-refractivity contribution is 0.377. The number of rotatable bonds is 3. The molecule has 0 saturated heterocycles. The maximum Gasteiger partial charge on any atom is 0.133 e. The minimum atomic E-state index is -0.0886. The zero-order chi connectivity index (χ0) is 12.3. The van der Waals surface area contributed by atoms with Crippen LogP contribution in [0.5, 0.6) is 5.75 Å². The van der Waals surface area contributed by atoms with Crippen LogP contribution in [-0.4, -0.2) is 28.4 Å². The molecule has 0 bridgehead atoms. The topological polar surface area (TPSA) is 49.5 Å². The highest BCUT2D eigenvalue weighted by molar-refractivity contribution is 8.23. The molecule has 0 fully saturated rings. The molecule has 1 radical (unpaired) electrons. The molecule has 0 aliphatic heterocycles. The first kappa shape index (κ1) is 13.3. The van der Waals surface area contributed by atoms with Crippen LogP contribution >= 0.6 is 24.0 Å². The third-order valence-corrected chi connectivity index (χ3v) is 3.49. The predicted molar refractivity (Wildman–Crippen MR) is 72.5 cm³/mol. The Balaban J connectivity index is 3.05. The van der Waals surface area contributed by atoms with Crippen LogP contribution in [0, 0.1) is 13.0 Å². The monoisotopic (exact) mass is 255 g/mol. The van der Waals surface area contributed by atoms with E-state index in [4.69, 9.17) is 18.0 Å². The molecule has 5 heteroatoms. The predicted octanol–water partition coefficient (Wildman–Crippen LogP) is 2.04. The van der Waals surface area contributed by atoms with Crippen molar-refractivity contribution in [2.75, 3.05) is 14.1 Å². The lowest BCUT2D eigenvalue weighted by atomic mass is 10.1. The van der Waals surface area contributed by atoms with Gasteiger partial charge in [0, 0.05) is 5.56 Å². The molecule has 3 nitrogen and oxygen atoms in total. The molecule has 1 aromatic rings. The fourth-order valence-corrected chi connectivity index (χ4v) is 2.37. The van der Waals surface area contributed by atoms with Gasteiger partial charge in [0.25, 0.3) is 0 Å². The Labute approximate surface area is 106 Å². The van der Waals surface area contributed by atoms with Gasteiger partial charge < -0.3 is 10.8 Å². The minimum Gasteiger partial charge on any atom is -0.508 e. The Morgan fingerprint density at radius 3 is 2.69 bits per heavy atom. The van der Waals surface area contributed by atoms with Gasteiger partial charge in [-0.1, -0.05) is 24.0 Å². The number of hydrogen-bond donors (Lipinski definition) is 2. The zero-order valence-corrected chi connectivity index (χ0v) is 11.2. The van der Waals surface area contributed by atoms with Gasteiger partial charge >= 0.3 is 0 Å². The summed E-state index contributed by atoms with van der Waals surface area (Å²) < 4.78 is 0.360. The highest BCUT2D eigenvalue weighted by atomic mass is 32.2. The molecule has 1 atom stereocenters. The van der Waals surface area contributed by atoms with Crippen LogP contribution in [0.15, 0.2) is 12.1 Å². The van der Waals surface area contributed by atoms with E-state index in [-0.39, 0.29) is 11.1 Å². The van der Waals surface area contributed by atoms with Crippen LogP contribution < -0.4 is 5.73 Å². The van der Waals surface area contributed by atoms with E-state index in [0.29, 0.717) is 4.32 Å². The first-order chi connectivity index (χ1) is 7.41. The van der Waals surface area contributed by atoms with Gasteiger partial charge in [-0.25, -0.2) is 0 Å². The number of thioether (sulfide) groups is 1. The quantitative estimate of drug-likeness (QED) is 0.639. The molecule has 1 unspecified atom stereocenters. The van der Waals surface area contributed by atoms with Crippen molar-refractivity contribution >= 4 is 28.3 Å². The van der Waals surface area contributed by atoms with Crippen LogP contribution in [0.2, 0.25) is 0 Å². The lowest BCUT2D eigenvalue weighted by Gasteiger charge is -2.24. The Bertz CT molecular complexity index is 394. The highest BCUT2D eigenvalue weighted by Gasteiger charge is 2.19. The maximum atomic E-state index is 9.88. The largest absolute Gasteiger partial charge is 0.508 e. The van der Waals surface area contributed by atoms with Gasteiger partial charge in [0.05, 0.1) is 5.37 Å². The van der Waals surface area contributed by atoms with Crippen molar-refractivity contribution in [1.82, 2.24) is 4.90 Å². The molecular weight excluding hydrogens is 240 g/mol. The highest BCUT2D eigenvalue weighted by Crippen LogP contribution is 2.36. The molecular formula is C11H15N2OS2. The van der Waals surface area contributed by atoms with Gasteiger partial charge in [0.2, 0.25) is 0 Å². The Morgan fingerprint density at radius 1 is 1.62 bits per heavy atom. The molecule has 3 N–H and O–H groups in total. The van der Waals surface area contributed by atoms with Gasteiger partial charge in [-0.15, -0.1) is 0 Å². The molecule has 1 rings (SSSR count). The smallest absolute Gasteiger partial charge is 0.133 e. The van der Waals surface area contributed by atoms with E-state index in [1.165, 1.54) is 11.8 Å². The maximum absolute atomic E-state index is 9.88. The van der Waals surface area contributed by atoms with Crippen molar-refractivity contribution < 1.29 is 5.11 Å². The lowest BCUT2D eigenvalue weighted by Crippen LogP contribution is -2.20. The molecule has 1 aromatic carbocycles. The van der Waals surface area contributed by atoms with E-state index in [2.05, 4.69) is 6.07 Å². The SMILES string of the molecule is Cc1[c]cc(C(SC(N)=S)N(C)C)c(O)c1. The second-order valence-electron chi connectivity index (χ2n) is 3.71.